The van der Waals surface area contributed by atoms with Crippen LogP contribution in [0.2, 0.25) is 0 Å². The van der Waals surface area contributed by atoms with Gasteiger partial charge in [0, 0.05) is 11.6 Å². The van der Waals surface area contributed by atoms with Crippen molar-refractivity contribution in [3.8, 4) is 11.5 Å². The first-order chi connectivity index (χ1) is 17.3. The Morgan fingerprint density at radius 2 is 1.78 bits per heavy atom. The zero-order valence-corrected chi connectivity index (χ0v) is 20.6. The van der Waals surface area contributed by atoms with E-state index >= 15 is 0 Å². The van der Waals surface area contributed by atoms with Crippen molar-refractivity contribution in [3.63, 3.8) is 0 Å². The lowest BCUT2D eigenvalue weighted by Gasteiger charge is -2.14. The molecule has 3 aromatic carbocycles. The minimum atomic E-state index is -0.703. The Kier molecular flexibility index (Phi) is 8.02. The van der Waals surface area contributed by atoms with Crippen LogP contribution in [0, 0.1) is 11.6 Å². The summed E-state index contributed by atoms with van der Waals surface area (Å²) in [5, 5.41) is 9.46. The fourth-order valence-electron chi connectivity index (χ4n) is 3.35. The molecule has 0 aliphatic carbocycles. The highest BCUT2D eigenvalue weighted by atomic mass is 32.2. The molecule has 1 amide bonds. The van der Waals surface area contributed by atoms with E-state index in [4.69, 9.17) is 21.7 Å². The number of carbonyl (C=O) groups excluding carboxylic acids is 1. The molecule has 5 nitrogen and oxygen atoms in total. The van der Waals surface area contributed by atoms with Gasteiger partial charge >= 0.3 is 0 Å². The molecular formula is C27H21F2NO4S2. The van der Waals surface area contributed by atoms with Crippen LogP contribution in [0.4, 0.5) is 8.78 Å². The average molecular weight is 526 g/mol. The fraction of sp³-hybridized carbons (Fsp3) is 0.111. The van der Waals surface area contributed by atoms with Crippen molar-refractivity contribution in [1.29, 1.82) is 0 Å². The average Bonchev–Trinajstić information content (AvgIpc) is 3.10. The second kappa shape index (κ2) is 11.4. The molecule has 9 heteroatoms. The lowest BCUT2D eigenvalue weighted by molar-refractivity contribution is -0.122. The highest BCUT2D eigenvalue weighted by molar-refractivity contribution is 8.26. The maximum atomic E-state index is 14.1. The van der Waals surface area contributed by atoms with Crippen molar-refractivity contribution >= 4 is 40.3 Å². The summed E-state index contributed by atoms with van der Waals surface area (Å²) in [7, 11) is 0. The van der Waals surface area contributed by atoms with E-state index in [-0.39, 0.29) is 37.0 Å². The first-order valence-corrected chi connectivity index (χ1v) is 12.0. The topological polar surface area (TPSA) is 59.0 Å². The molecule has 4 rings (SSSR count). The monoisotopic (exact) mass is 525 g/mol. The van der Waals surface area contributed by atoms with E-state index in [0.29, 0.717) is 26.3 Å². The number of amides is 1. The SMILES string of the molecule is C=C(O)CN1C(=O)/C(=C/c2ccc(OCc3ccc(F)cc3F)c(OCc3ccccc3)c2)SC1=S. The Balaban J connectivity index is 1.58. The molecule has 0 unspecified atom stereocenters. The molecule has 1 heterocycles. The number of benzene rings is 3. The Morgan fingerprint density at radius 1 is 1.03 bits per heavy atom. The minimum absolute atomic E-state index is 0.0693. The third-order valence-electron chi connectivity index (χ3n) is 5.12. The normalized spacial score (nSPS) is 14.4. The van der Waals surface area contributed by atoms with Crippen molar-refractivity contribution < 1.29 is 28.2 Å². The number of ether oxygens (including phenoxy) is 2. The zero-order chi connectivity index (χ0) is 25.7. The first-order valence-electron chi connectivity index (χ1n) is 10.8. The van der Waals surface area contributed by atoms with E-state index in [1.54, 1.807) is 24.3 Å². The number of nitrogens with zero attached hydrogens (tertiary/aromatic N) is 1. The van der Waals surface area contributed by atoms with E-state index in [1.807, 2.05) is 30.3 Å². The van der Waals surface area contributed by atoms with Crippen molar-refractivity contribution in [2.45, 2.75) is 13.2 Å². The Labute approximate surface area is 216 Å². The number of thioether (sulfide) groups is 1. The van der Waals surface area contributed by atoms with Crippen LogP contribution in [-0.2, 0) is 18.0 Å². The third-order valence-corrected chi connectivity index (χ3v) is 6.49. The molecule has 3 aromatic rings. The van der Waals surface area contributed by atoms with E-state index in [1.165, 1.54) is 17.0 Å². The van der Waals surface area contributed by atoms with E-state index in [0.717, 1.165) is 23.4 Å². The summed E-state index contributed by atoms with van der Waals surface area (Å²) in [6.07, 6.45) is 1.66. The van der Waals surface area contributed by atoms with Crippen LogP contribution >= 0.6 is 24.0 Å². The van der Waals surface area contributed by atoms with Crippen LogP contribution in [0.25, 0.3) is 6.08 Å². The standard InChI is InChI=1S/C27H21F2NO4S2/c1-17(31)14-30-26(32)25(36-27(30)35)12-19-7-10-23(34-16-20-8-9-21(28)13-22(20)29)24(11-19)33-15-18-5-3-2-4-6-18/h2-13,31H,1,14-16H2/b25-12-. The summed E-state index contributed by atoms with van der Waals surface area (Å²) in [5.74, 6) is -1.13. The van der Waals surface area contributed by atoms with Gasteiger partial charge in [0.25, 0.3) is 5.91 Å². The fourth-order valence-corrected chi connectivity index (χ4v) is 4.60. The number of hydrogen-bond donors (Lipinski definition) is 1. The van der Waals surface area contributed by atoms with Gasteiger partial charge in [0.05, 0.1) is 11.4 Å². The molecule has 0 aromatic heterocycles. The Hall–Kier alpha value is -3.69. The number of hydrogen-bond acceptors (Lipinski definition) is 6. The number of thiocarbonyl (C=S) groups is 1. The lowest BCUT2D eigenvalue weighted by atomic mass is 10.1. The lowest BCUT2D eigenvalue weighted by Crippen LogP contribution is -2.29. The molecule has 0 saturated carbocycles. The Bertz CT molecular complexity index is 1340. The molecule has 1 N–H and O–H groups in total. The summed E-state index contributed by atoms with van der Waals surface area (Å²) >= 11 is 6.37. The molecule has 0 radical (unpaired) electrons. The molecule has 36 heavy (non-hydrogen) atoms. The minimum Gasteiger partial charge on any atom is -0.511 e. The second-order valence-electron chi connectivity index (χ2n) is 7.84. The summed E-state index contributed by atoms with van der Waals surface area (Å²) in [4.78, 5) is 14.4. The van der Waals surface area contributed by atoms with Crippen molar-refractivity contribution in [2.24, 2.45) is 0 Å². The van der Waals surface area contributed by atoms with Gasteiger partial charge in [0.15, 0.2) is 11.5 Å². The van der Waals surface area contributed by atoms with Crippen LogP contribution in [0.1, 0.15) is 16.7 Å². The highest BCUT2D eigenvalue weighted by Gasteiger charge is 2.32. The summed E-state index contributed by atoms with van der Waals surface area (Å²) in [5.41, 5.74) is 1.79. The predicted molar refractivity (Wildman–Crippen MR) is 140 cm³/mol. The van der Waals surface area contributed by atoms with E-state index in [2.05, 4.69) is 6.58 Å². The van der Waals surface area contributed by atoms with Gasteiger partial charge in [0.1, 0.15) is 34.9 Å². The molecule has 1 saturated heterocycles. The van der Waals surface area contributed by atoms with Crippen LogP contribution in [0.3, 0.4) is 0 Å². The smallest absolute Gasteiger partial charge is 0.266 e. The molecule has 0 atom stereocenters. The quantitative estimate of drug-likeness (QED) is 0.198. The number of rotatable bonds is 9. The van der Waals surface area contributed by atoms with Gasteiger partial charge in [0.2, 0.25) is 0 Å². The largest absolute Gasteiger partial charge is 0.511 e. The van der Waals surface area contributed by atoms with Crippen LogP contribution in [0.15, 0.2) is 84.0 Å². The Morgan fingerprint density at radius 3 is 2.50 bits per heavy atom. The van der Waals surface area contributed by atoms with Gasteiger partial charge in [-0.15, -0.1) is 0 Å². The third kappa shape index (κ3) is 6.30. The maximum Gasteiger partial charge on any atom is 0.266 e. The molecule has 1 aliphatic rings. The summed E-state index contributed by atoms with van der Waals surface area (Å²) in [6, 6.07) is 17.9. The second-order valence-corrected chi connectivity index (χ2v) is 9.51. The molecule has 1 fully saturated rings. The number of aliphatic hydroxyl groups is 1. The van der Waals surface area contributed by atoms with Crippen LogP contribution < -0.4 is 9.47 Å². The zero-order valence-electron chi connectivity index (χ0n) is 18.9. The number of halogens is 2. The van der Waals surface area contributed by atoms with Crippen molar-refractivity contribution in [1.82, 2.24) is 4.90 Å². The molecule has 1 aliphatic heterocycles. The predicted octanol–water partition coefficient (Wildman–Crippen LogP) is 6.40. The van der Waals surface area contributed by atoms with Crippen LogP contribution in [0.5, 0.6) is 11.5 Å². The summed E-state index contributed by atoms with van der Waals surface area (Å²) < 4.78 is 39.4. The van der Waals surface area contributed by atoms with Crippen molar-refractivity contribution in [2.75, 3.05) is 6.54 Å². The highest BCUT2D eigenvalue weighted by Crippen LogP contribution is 2.35. The van der Waals surface area contributed by atoms with Gasteiger partial charge < -0.3 is 14.6 Å². The number of carbonyl (C=O) groups is 1. The van der Waals surface area contributed by atoms with Gasteiger partial charge in [-0.2, -0.15) is 0 Å². The van der Waals surface area contributed by atoms with E-state index in [9.17, 15) is 18.7 Å². The van der Waals surface area contributed by atoms with Gasteiger partial charge in [-0.25, -0.2) is 8.78 Å². The maximum absolute atomic E-state index is 14.1. The molecule has 0 bridgehead atoms. The van der Waals surface area contributed by atoms with Crippen LogP contribution in [-0.4, -0.2) is 26.8 Å². The number of aliphatic hydroxyl groups excluding tert-OH is 1. The molecule has 184 valence electrons. The van der Waals surface area contributed by atoms with E-state index < -0.39 is 11.6 Å². The van der Waals surface area contributed by atoms with Gasteiger partial charge in [-0.3, -0.25) is 9.69 Å². The molecule has 0 spiro atoms. The summed E-state index contributed by atoms with van der Waals surface area (Å²) in [6.45, 7) is 3.47. The van der Waals surface area contributed by atoms with Gasteiger partial charge in [-0.05, 0) is 41.5 Å². The van der Waals surface area contributed by atoms with Gasteiger partial charge in [-0.1, -0.05) is 67.0 Å². The molecular weight excluding hydrogens is 504 g/mol. The first kappa shape index (κ1) is 25.4. The van der Waals surface area contributed by atoms with Crippen molar-refractivity contribution in [3.05, 3.63) is 112 Å².